The standard InChI is InChI=1S/C19H22O2S2.K/c1-4-7-14(8-5-2)11-15-9-6-10-21-18(15)16-12-17(23-13-16)19(22)20-3;/h4-5,7-8,11,13,15,18H,1,6,9-10H2,2-3H3;/q-2;+1/b8-5-,14-7+;. The van der Waals surface area contributed by atoms with E-state index in [1.165, 1.54) is 0 Å². The molecule has 0 radical (unpaired) electrons. The Labute approximate surface area is 197 Å². The molecule has 24 heavy (non-hydrogen) atoms. The monoisotopic (exact) mass is 385 g/mol. The van der Waals surface area contributed by atoms with Crippen LogP contribution in [0.4, 0.5) is 0 Å². The Morgan fingerprint density at radius 2 is 2.38 bits per heavy atom. The number of thiophene rings is 1. The fourth-order valence-corrected chi connectivity index (χ4v) is 3.67. The molecule has 1 aliphatic rings. The molecular weight excluding hydrogens is 363 g/mol. The minimum absolute atomic E-state index is 0. The van der Waals surface area contributed by atoms with Crippen molar-refractivity contribution in [1.82, 2.24) is 0 Å². The van der Waals surface area contributed by atoms with Crippen molar-refractivity contribution >= 4 is 28.6 Å². The van der Waals surface area contributed by atoms with Crippen LogP contribution in [0.15, 0.2) is 41.8 Å². The average Bonchev–Trinajstić information content (AvgIpc) is 3.05. The molecule has 1 fully saturated rings. The summed E-state index contributed by atoms with van der Waals surface area (Å²) in [6, 6.07) is 3.35. The van der Waals surface area contributed by atoms with E-state index in [4.69, 9.17) is 21.7 Å². The van der Waals surface area contributed by atoms with Crippen LogP contribution in [-0.4, -0.2) is 18.8 Å². The van der Waals surface area contributed by atoms with Crippen molar-refractivity contribution in [2.24, 2.45) is 5.92 Å². The third kappa shape index (κ3) is 6.22. The number of ether oxygens (including phenoxy) is 2. The van der Waals surface area contributed by atoms with Crippen molar-refractivity contribution in [3.05, 3.63) is 64.8 Å². The van der Waals surface area contributed by atoms with Gasteiger partial charge < -0.3 is 9.47 Å². The zero-order chi connectivity index (χ0) is 16.7. The van der Waals surface area contributed by atoms with E-state index in [2.05, 4.69) is 30.5 Å². The number of rotatable bonds is 6. The molecule has 1 aliphatic heterocycles. The van der Waals surface area contributed by atoms with Gasteiger partial charge in [0, 0.05) is 6.61 Å². The molecule has 2 heterocycles. The van der Waals surface area contributed by atoms with E-state index in [0.29, 0.717) is 11.0 Å². The van der Waals surface area contributed by atoms with Gasteiger partial charge in [-0.2, -0.15) is 30.2 Å². The molecule has 0 spiro atoms. The van der Waals surface area contributed by atoms with Crippen LogP contribution in [0.2, 0.25) is 0 Å². The Kier molecular flexibility index (Phi) is 11.0. The van der Waals surface area contributed by atoms with Gasteiger partial charge in [-0.05, 0) is 17.2 Å². The molecule has 2 rings (SSSR count). The number of thiocarbonyl (C=S) groups is 1. The van der Waals surface area contributed by atoms with Crippen molar-refractivity contribution in [1.29, 1.82) is 0 Å². The maximum Gasteiger partial charge on any atom is 1.00 e. The maximum absolute atomic E-state index is 6.04. The number of methoxy groups -OCH3 is 1. The van der Waals surface area contributed by atoms with E-state index >= 15 is 0 Å². The van der Waals surface area contributed by atoms with Gasteiger partial charge in [-0.1, -0.05) is 13.3 Å². The summed E-state index contributed by atoms with van der Waals surface area (Å²) in [6.07, 6.45) is 12.4. The van der Waals surface area contributed by atoms with E-state index in [-0.39, 0.29) is 57.5 Å². The van der Waals surface area contributed by atoms with Gasteiger partial charge in [0.1, 0.15) is 0 Å². The van der Waals surface area contributed by atoms with Crippen LogP contribution in [0, 0.1) is 18.4 Å². The minimum atomic E-state index is 0. The number of hydrogen-bond acceptors (Lipinski definition) is 4. The zero-order valence-corrected chi connectivity index (χ0v) is 19.3. The fraction of sp³-hybridized carbons (Fsp3) is 0.368. The van der Waals surface area contributed by atoms with Crippen molar-refractivity contribution in [3.8, 4) is 0 Å². The maximum atomic E-state index is 6.04. The Hall–Kier alpha value is 0.276. The van der Waals surface area contributed by atoms with Gasteiger partial charge in [-0.25, -0.2) is 11.3 Å². The molecule has 2 unspecified atom stereocenters. The Morgan fingerprint density at radius 1 is 1.58 bits per heavy atom. The second kappa shape index (κ2) is 11.8. The molecule has 2 nitrogen and oxygen atoms in total. The Morgan fingerprint density at radius 3 is 3.04 bits per heavy atom. The molecule has 2 atom stereocenters. The van der Waals surface area contributed by atoms with Crippen molar-refractivity contribution in [2.75, 3.05) is 13.7 Å². The average molecular weight is 386 g/mol. The summed E-state index contributed by atoms with van der Waals surface area (Å²) < 4.78 is 11.2. The smallest absolute Gasteiger partial charge is 0.542 e. The van der Waals surface area contributed by atoms with Crippen LogP contribution in [0.25, 0.3) is 0 Å². The molecule has 0 N–H and O–H groups in total. The number of allylic oxidation sites excluding steroid dienone is 5. The van der Waals surface area contributed by atoms with Gasteiger partial charge in [-0.15, -0.1) is 41.9 Å². The van der Waals surface area contributed by atoms with Crippen LogP contribution in [0.5, 0.6) is 0 Å². The molecule has 1 aromatic heterocycles. The first kappa shape index (κ1) is 22.3. The predicted octanol–water partition coefficient (Wildman–Crippen LogP) is 2.23. The summed E-state index contributed by atoms with van der Waals surface area (Å²) in [7, 11) is 1.59. The third-order valence-corrected chi connectivity index (χ3v) is 5.08. The summed E-state index contributed by atoms with van der Waals surface area (Å²) in [5, 5.41) is 2.56. The molecule has 0 bridgehead atoms. The van der Waals surface area contributed by atoms with Crippen LogP contribution in [0.3, 0.4) is 0 Å². The van der Waals surface area contributed by atoms with E-state index in [0.717, 1.165) is 35.5 Å². The van der Waals surface area contributed by atoms with Gasteiger partial charge in [0.25, 0.3) is 0 Å². The minimum Gasteiger partial charge on any atom is -0.542 e. The zero-order valence-electron chi connectivity index (χ0n) is 14.6. The first-order valence-corrected chi connectivity index (χ1v) is 8.99. The third-order valence-electron chi connectivity index (χ3n) is 3.68. The summed E-state index contributed by atoms with van der Waals surface area (Å²) in [6.45, 7) is 6.59. The van der Waals surface area contributed by atoms with E-state index in [9.17, 15) is 0 Å². The largest absolute Gasteiger partial charge is 1.00 e. The predicted molar refractivity (Wildman–Crippen MR) is 101 cm³/mol. The number of hydrogen-bond donors (Lipinski definition) is 0. The van der Waals surface area contributed by atoms with Gasteiger partial charge in [0.15, 0.2) is 0 Å². The molecule has 0 aliphatic carbocycles. The van der Waals surface area contributed by atoms with Crippen molar-refractivity contribution < 1.29 is 60.9 Å². The molecule has 0 amide bonds. The quantitative estimate of drug-likeness (QED) is 0.324. The fourth-order valence-electron chi connectivity index (χ4n) is 2.68. The van der Waals surface area contributed by atoms with E-state index in [1.807, 2.05) is 25.2 Å². The first-order chi connectivity index (χ1) is 11.2. The summed E-state index contributed by atoms with van der Waals surface area (Å²) in [5.74, 6) is 0.320. The first-order valence-electron chi connectivity index (χ1n) is 7.70. The summed E-state index contributed by atoms with van der Waals surface area (Å²) in [4.78, 5) is 0.862. The molecular formula is C19H22KO2S2-. The summed E-state index contributed by atoms with van der Waals surface area (Å²) >= 11 is 6.74. The van der Waals surface area contributed by atoms with Gasteiger partial charge in [0.2, 0.25) is 0 Å². The molecule has 1 aromatic rings. The second-order valence-electron chi connectivity index (χ2n) is 5.30. The SMILES string of the molecule is C=C/C=C(\C=C/C)[CH-]C1CCCOC1c1[c-]c(C(=S)OC)sc1.[K+]. The van der Waals surface area contributed by atoms with E-state index in [1.54, 1.807) is 18.4 Å². The Balaban J connectivity index is 0.00000288. The molecule has 0 saturated carbocycles. The summed E-state index contributed by atoms with van der Waals surface area (Å²) in [5.41, 5.74) is 2.22. The Bertz CT molecular complexity index is 604. The normalized spacial score (nSPS) is 21.2. The second-order valence-corrected chi connectivity index (χ2v) is 6.55. The molecule has 1 saturated heterocycles. The van der Waals surface area contributed by atoms with Crippen molar-refractivity contribution in [3.63, 3.8) is 0 Å². The van der Waals surface area contributed by atoms with Gasteiger partial charge in [-0.3, -0.25) is 0 Å². The van der Waals surface area contributed by atoms with Gasteiger partial charge in [0.05, 0.1) is 18.3 Å². The molecule has 124 valence electrons. The topological polar surface area (TPSA) is 18.5 Å². The van der Waals surface area contributed by atoms with Crippen LogP contribution in [-0.2, 0) is 9.47 Å². The van der Waals surface area contributed by atoms with Crippen LogP contribution in [0.1, 0.15) is 36.3 Å². The molecule has 0 aromatic carbocycles. The van der Waals surface area contributed by atoms with Crippen molar-refractivity contribution in [2.45, 2.75) is 25.9 Å². The molecule has 5 heteroatoms. The van der Waals surface area contributed by atoms with Gasteiger partial charge >= 0.3 is 51.4 Å². The van der Waals surface area contributed by atoms with Crippen LogP contribution >= 0.6 is 23.6 Å². The van der Waals surface area contributed by atoms with E-state index < -0.39 is 0 Å². The van der Waals surface area contributed by atoms with Crippen LogP contribution < -0.4 is 51.4 Å².